The largest absolute Gasteiger partial charge is 0.337 e. The summed E-state index contributed by atoms with van der Waals surface area (Å²) in [5.74, 6) is -0.0510. The van der Waals surface area contributed by atoms with Gasteiger partial charge in [0.2, 0.25) is 15.9 Å². The van der Waals surface area contributed by atoms with Crippen molar-refractivity contribution in [2.45, 2.75) is 12.7 Å². The average molecular weight is 363 g/mol. The second-order valence-corrected chi connectivity index (χ2v) is 7.53. The van der Waals surface area contributed by atoms with Crippen molar-refractivity contribution in [3.8, 4) is 11.3 Å². The number of rotatable bonds is 5. The van der Waals surface area contributed by atoms with E-state index in [0.29, 0.717) is 10.7 Å². The van der Waals surface area contributed by atoms with Gasteiger partial charge in [0.1, 0.15) is 5.69 Å². The lowest BCUT2D eigenvalue weighted by Gasteiger charge is -2.07. The van der Waals surface area contributed by atoms with E-state index < -0.39 is 10.0 Å². The molecule has 24 heavy (non-hydrogen) atoms. The fourth-order valence-electron chi connectivity index (χ4n) is 2.25. The van der Waals surface area contributed by atoms with E-state index in [1.54, 1.807) is 36.4 Å². The Morgan fingerprint density at radius 2 is 1.83 bits per heavy atom. The van der Waals surface area contributed by atoms with E-state index in [-0.39, 0.29) is 11.6 Å². The second kappa shape index (κ2) is 6.67. The van der Waals surface area contributed by atoms with Crippen molar-refractivity contribution in [3.63, 3.8) is 0 Å². The molecule has 1 aromatic heterocycles. The molecule has 0 aliphatic carbocycles. The van der Waals surface area contributed by atoms with Crippen molar-refractivity contribution in [1.29, 1.82) is 0 Å². The molecule has 2 aromatic carbocycles. The van der Waals surface area contributed by atoms with E-state index in [1.807, 2.05) is 25.1 Å². The Balaban J connectivity index is 1.76. The van der Waals surface area contributed by atoms with Crippen molar-refractivity contribution in [2.75, 3.05) is 4.72 Å². The van der Waals surface area contributed by atoms with Crippen molar-refractivity contribution < 1.29 is 12.9 Å². The number of anilines is 1. The normalized spacial score (nSPS) is 11.4. The van der Waals surface area contributed by atoms with Crippen molar-refractivity contribution >= 4 is 27.5 Å². The van der Waals surface area contributed by atoms with E-state index in [4.69, 9.17) is 16.1 Å². The Labute approximate surface area is 145 Å². The highest BCUT2D eigenvalue weighted by Crippen LogP contribution is 2.24. The number of nitrogens with zero attached hydrogens (tertiary/aromatic N) is 1. The summed E-state index contributed by atoms with van der Waals surface area (Å²) in [6, 6.07) is 15.9. The Morgan fingerprint density at radius 3 is 2.54 bits per heavy atom. The third-order valence-electron chi connectivity index (χ3n) is 3.51. The van der Waals surface area contributed by atoms with Gasteiger partial charge in [-0.1, -0.05) is 53.2 Å². The predicted molar refractivity (Wildman–Crippen MR) is 94.4 cm³/mol. The van der Waals surface area contributed by atoms with Gasteiger partial charge in [0.15, 0.2) is 0 Å². The van der Waals surface area contributed by atoms with Gasteiger partial charge in [-0.25, -0.2) is 8.42 Å². The van der Waals surface area contributed by atoms with Crippen LogP contribution in [0.4, 0.5) is 5.88 Å². The lowest BCUT2D eigenvalue weighted by atomic mass is 10.1. The SMILES string of the molecule is Cc1ccccc1CS(=O)(=O)Nc1cc(-c2ccc(Cl)cc2)no1. The maximum absolute atomic E-state index is 12.3. The molecular formula is C17H15ClN2O3S. The zero-order valence-corrected chi connectivity index (χ0v) is 14.4. The highest BCUT2D eigenvalue weighted by molar-refractivity contribution is 7.91. The molecule has 124 valence electrons. The smallest absolute Gasteiger partial charge is 0.239 e. The first kappa shape index (κ1) is 16.5. The second-order valence-electron chi connectivity index (χ2n) is 5.37. The Bertz CT molecular complexity index is 950. The van der Waals surface area contributed by atoms with Crippen LogP contribution in [0.25, 0.3) is 11.3 Å². The fourth-order valence-corrected chi connectivity index (χ4v) is 3.58. The summed E-state index contributed by atoms with van der Waals surface area (Å²) in [5, 5.41) is 4.49. The summed E-state index contributed by atoms with van der Waals surface area (Å²) in [4.78, 5) is 0. The third kappa shape index (κ3) is 3.96. The molecule has 0 radical (unpaired) electrons. The number of hydrogen-bond donors (Lipinski definition) is 1. The summed E-state index contributed by atoms with van der Waals surface area (Å²) in [6.07, 6.45) is 0. The summed E-state index contributed by atoms with van der Waals surface area (Å²) in [5.41, 5.74) is 2.97. The predicted octanol–water partition coefficient (Wildman–Crippen LogP) is 4.25. The molecular weight excluding hydrogens is 348 g/mol. The van der Waals surface area contributed by atoms with Crippen LogP contribution < -0.4 is 4.72 Å². The zero-order valence-electron chi connectivity index (χ0n) is 12.9. The maximum Gasteiger partial charge on any atom is 0.239 e. The Kier molecular flexibility index (Phi) is 4.59. The van der Waals surface area contributed by atoms with Crippen molar-refractivity contribution in [3.05, 3.63) is 70.7 Å². The van der Waals surface area contributed by atoms with Gasteiger partial charge < -0.3 is 4.52 Å². The quantitative estimate of drug-likeness (QED) is 0.736. The van der Waals surface area contributed by atoms with Gasteiger partial charge in [-0.2, -0.15) is 0 Å². The minimum Gasteiger partial charge on any atom is -0.337 e. The van der Waals surface area contributed by atoms with Gasteiger partial charge in [0, 0.05) is 16.7 Å². The molecule has 0 amide bonds. The molecule has 0 unspecified atom stereocenters. The highest BCUT2D eigenvalue weighted by Gasteiger charge is 2.16. The maximum atomic E-state index is 12.3. The summed E-state index contributed by atoms with van der Waals surface area (Å²) < 4.78 is 32.1. The minimum absolute atomic E-state index is 0.0773. The topological polar surface area (TPSA) is 72.2 Å². The van der Waals surface area contributed by atoms with Gasteiger partial charge in [-0.15, -0.1) is 0 Å². The standard InChI is InChI=1S/C17H15ClN2O3S/c1-12-4-2-3-5-14(12)11-24(21,22)20-17-10-16(19-23-17)13-6-8-15(18)9-7-13/h2-10,20H,11H2,1H3. The molecule has 5 nitrogen and oxygen atoms in total. The highest BCUT2D eigenvalue weighted by atomic mass is 35.5. The van der Waals surface area contributed by atoms with Crippen LogP contribution in [0.15, 0.2) is 59.1 Å². The molecule has 0 saturated heterocycles. The van der Waals surface area contributed by atoms with Crippen LogP contribution in [0.3, 0.4) is 0 Å². The van der Waals surface area contributed by atoms with E-state index >= 15 is 0 Å². The van der Waals surface area contributed by atoms with Crippen LogP contribution in [0, 0.1) is 6.92 Å². The molecule has 7 heteroatoms. The van der Waals surface area contributed by atoms with E-state index in [0.717, 1.165) is 16.7 Å². The van der Waals surface area contributed by atoms with Crippen LogP contribution in [-0.4, -0.2) is 13.6 Å². The van der Waals surface area contributed by atoms with Gasteiger partial charge >= 0.3 is 0 Å². The lowest BCUT2D eigenvalue weighted by Crippen LogP contribution is -2.15. The first-order valence-corrected chi connectivity index (χ1v) is 9.24. The van der Waals surface area contributed by atoms with Crippen LogP contribution in [0.1, 0.15) is 11.1 Å². The number of sulfonamides is 1. The summed E-state index contributed by atoms with van der Waals surface area (Å²) in [7, 11) is -3.59. The number of aryl methyl sites for hydroxylation is 1. The first-order chi connectivity index (χ1) is 11.4. The van der Waals surface area contributed by atoms with Crippen molar-refractivity contribution in [1.82, 2.24) is 5.16 Å². The molecule has 0 saturated carbocycles. The molecule has 0 aliphatic heterocycles. The molecule has 1 N–H and O–H groups in total. The number of halogens is 1. The Morgan fingerprint density at radius 1 is 1.12 bits per heavy atom. The molecule has 0 fully saturated rings. The zero-order chi connectivity index (χ0) is 17.2. The molecule has 0 aliphatic rings. The Hall–Kier alpha value is -2.31. The third-order valence-corrected chi connectivity index (χ3v) is 4.97. The van der Waals surface area contributed by atoms with Crippen molar-refractivity contribution in [2.24, 2.45) is 0 Å². The number of benzene rings is 2. The molecule has 3 rings (SSSR count). The number of hydrogen-bond acceptors (Lipinski definition) is 4. The van der Waals surface area contributed by atoms with E-state index in [1.165, 1.54) is 0 Å². The van der Waals surface area contributed by atoms with Gasteiger partial charge in [-0.05, 0) is 30.2 Å². The van der Waals surface area contributed by atoms with Crippen LogP contribution in [0.2, 0.25) is 5.02 Å². The summed E-state index contributed by atoms with van der Waals surface area (Å²) in [6.45, 7) is 1.87. The van der Waals surface area contributed by atoms with Gasteiger partial charge in [0.25, 0.3) is 0 Å². The molecule has 0 atom stereocenters. The monoisotopic (exact) mass is 362 g/mol. The average Bonchev–Trinajstić information content (AvgIpc) is 2.98. The van der Waals surface area contributed by atoms with Crippen LogP contribution >= 0.6 is 11.6 Å². The molecule has 0 spiro atoms. The molecule has 3 aromatic rings. The first-order valence-electron chi connectivity index (χ1n) is 7.21. The van der Waals surface area contributed by atoms with Gasteiger partial charge in [-0.3, -0.25) is 4.72 Å². The van der Waals surface area contributed by atoms with E-state index in [2.05, 4.69) is 9.88 Å². The van der Waals surface area contributed by atoms with Crippen LogP contribution in [-0.2, 0) is 15.8 Å². The minimum atomic E-state index is -3.59. The number of aromatic nitrogens is 1. The van der Waals surface area contributed by atoms with E-state index in [9.17, 15) is 8.42 Å². The summed E-state index contributed by atoms with van der Waals surface area (Å²) >= 11 is 5.85. The fraction of sp³-hybridized carbons (Fsp3) is 0.118. The van der Waals surface area contributed by atoms with Crippen LogP contribution in [0.5, 0.6) is 0 Å². The van der Waals surface area contributed by atoms with Gasteiger partial charge in [0.05, 0.1) is 5.75 Å². The lowest BCUT2D eigenvalue weighted by molar-refractivity contribution is 0.438. The molecule has 1 heterocycles. The number of nitrogens with one attached hydrogen (secondary N) is 1. The molecule has 0 bridgehead atoms.